The van der Waals surface area contributed by atoms with E-state index in [0.29, 0.717) is 0 Å². The van der Waals surface area contributed by atoms with E-state index < -0.39 is 36.6 Å². The lowest BCUT2D eigenvalue weighted by Gasteiger charge is -2.32. The zero-order valence-corrected chi connectivity index (χ0v) is 25.2. The SMILES string of the molecule is CC1(C)OB(c2cc(Br)c3ccc4c(B5OC(C)(C)C(C)(C)O5)cc(Br)c5ccc2c3c54)OC1(C)C. The average molecular weight is 612 g/mol. The van der Waals surface area contributed by atoms with Gasteiger partial charge in [-0.2, -0.15) is 0 Å². The van der Waals surface area contributed by atoms with Crippen molar-refractivity contribution in [2.45, 2.75) is 77.8 Å². The lowest BCUT2D eigenvalue weighted by molar-refractivity contribution is 0.00578. The molecule has 0 bridgehead atoms. The molecule has 0 spiro atoms. The second-order valence-corrected chi connectivity index (χ2v) is 13.9. The van der Waals surface area contributed by atoms with Crippen molar-refractivity contribution in [1.29, 1.82) is 0 Å². The number of hydrogen-bond donors (Lipinski definition) is 0. The van der Waals surface area contributed by atoms with Gasteiger partial charge in [-0.3, -0.25) is 0 Å². The number of hydrogen-bond acceptors (Lipinski definition) is 4. The van der Waals surface area contributed by atoms with Crippen LogP contribution in [-0.2, 0) is 18.6 Å². The maximum absolute atomic E-state index is 6.48. The molecule has 8 heteroatoms. The monoisotopic (exact) mass is 610 g/mol. The fourth-order valence-corrected chi connectivity index (χ4v) is 6.44. The maximum Gasteiger partial charge on any atom is 0.495 e. The largest absolute Gasteiger partial charge is 0.495 e. The van der Waals surface area contributed by atoms with E-state index in [2.05, 4.69) is 124 Å². The molecule has 186 valence electrons. The molecule has 2 saturated heterocycles. The quantitative estimate of drug-likeness (QED) is 0.187. The van der Waals surface area contributed by atoms with Crippen LogP contribution in [0.15, 0.2) is 45.3 Å². The highest BCUT2D eigenvalue weighted by Gasteiger charge is 2.53. The molecule has 0 aromatic heterocycles. The standard InChI is InChI=1S/C28H30B2Br2O4/c1-25(2)26(3,4)34-29(33-25)19-13-21(31)17-12-10-16-20(30-35-27(5,6)28(7,8)36-30)14-22(32)18-11-9-15(19)23(17)24(16)18/h9-14H,1-8H3. The van der Waals surface area contributed by atoms with Gasteiger partial charge < -0.3 is 18.6 Å². The Balaban J connectivity index is 1.62. The van der Waals surface area contributed by atoms with Gasteiger partial charge in [-0.1, -0.05) is 56.1 Å². The summed E-state index contributed by atoms with van der Waals surface area (Å²) in [5, 5.41) is 6.93. The molecule has 36 heavy (non-hydrogen) atoms. The smallest absolute Gasteiger partial charge is 0.399 e. The van der Waals surface area contributed by atoms with Crippen LogP contribution >= 0.6 is 31.9 Å². The number of benzene rings is 4. The van der Waals surface area contributed by atoms with E-state index in [9.17, 15) is 0 Å². The zero-order chi connectivity index (χ0) is 26.0. The summed E-state index contributed by atoms with van der Waals surface area (Å²) in [6.07, 6.45) is 0. The molecular formula is C28H30B2Br2O4. The van der Waals surface area contributed by atoms with Crippen molar-refractivity contribution in [1.82, 2.24) is 0 Å². The van der Waals surface area contributed by atoms with E-state index in [0.717, 1.165) is 41.4 Å². The molecule has 2 fully saturated rings. The molecule has 4 nitrogen and oxygen atoms in total. The Kier molecular flexibility index (Phi) is 5.38. The first kappa shape index (κ1) is 25.1. The maximum atomic E-state index is 6.48. The minimum absolute atomic E-state index is 0.416. The van der Waals surface area contributed by atoms with Crippen LogP contribution in [0.5, 0.6) is 0 Å². The third-order valence-electron chi connectivity index (χ3n) is 8.88. The predicted octanol–water partition coefficient (Wildman–Crippen LogP) is 6.71. The third kappa shape index (κ3) is 3.41. The van der Waals surface area contributed by atoms with Crippen molar-refractivity contribution in [3.05, 3.63) is 45.3 Å². The van der Waals surface area contributed by atoms with Gasteiger partial charge in [0.1, 0.15) is 0 Å². The summed E-state index contributed by atoms with van der Waals surface area (Å²) in [6.45, 7) is 16.7. The van der Waals surface area contributed by atoms with Crippen LogP contribution in [0, 0.1) is 0 Å². The third-order valence-corrected chi connectivity index (χ3v) is 10.2. The van der Waals surface area contributed by atoms with Gasteiger partial charge in [0.2, 0.25) is 0 Å². The van der Waals surface area contributed by atoms with Crippen molar-refractivity contribution < 1.29 is 18.6 Å². The van der Waals surface area contributed by atoms with Crippen molar-refractivity contribution in [2.75, 3.05) is 0 Å². The van der Waals surface area contributed by atoms with Crippen LogP contribution in [0.4, 0.5) is 0 Å². The average Bonchev–Trinajstić information content (AvgIpc) is 3.13. The minimum Gasteiger partial charge on any atom is -0.399 e. The van der Waals surface area contributed by atoms with Crippen LogP contribution in [0.3, 0.4) is 0 Å². The van der Waals surface area contributed by atoms with Gasteiger partial charge in [-0.05, 0) is 111 Å². The van der Waals surface area contributed by atoms with Gasteiger partial charge >= 0.3 is 14.2 Å². The highest BCUT2D eigenvalue weighted by Crippen LogP contribution is 2.43. The van der Waals surface area contributed by atoms with Gasteiger partial charge in [-0.25, -0.2) is 0 Å². The van der Waals surface area contributed by atoms with E-state index in [4.69, 9.17) is 18.6 Å². The second kappa shape index (κ2) is 7.71. The van der Waals surface area contributed by atoms with Crippen LogP contribution < -0.4 is 10.9 Å². The van der Waals surface area contributed by atoms with Gasteiger partial charge in [-0.15, -0.1) is 0 Å². The lowest BCUT2D eigenvalue weighted by atomic mass is 9.72. The molecule has 4 aromatic rings. The Hall–Kier alpha value is -1.15. The van der Waals surface area contributed by atoms with E-state index in [1.54, 1.807) is 0 Å². The Morgan fingerprint density at radius 1 is 0.500 bits per heavy atom. The molecule has 6 rings (SSSR count). The molecule has 0 unspecified atom stereocenters. The van der Waals surface area contributed by atoms with Crippen LogP contribution in [0.1, 0.15) is 55.4 Å². The van der Waals surface area contributed by atoms with Crippen molar-refractivity contribution in [3.63, 3.8) is 0 Å². The molecule has 0 aliphatic carbocycles. The van der Waals surface area contributed by atoms with E-state index in [1.165, 1.54) is 10.8 Å². The summed E-state index contributed by atoms with van der Waals surface area (Å²) in [5.41, 5.74) is 0.392. The van der Waals surface area contributed by atoms with Crippen molar-refractivity contribution in [2.24, 2.45) is 0 Å². The van der Waals surface area contributed by atoms with Gasteiger partial charge in [0.15, 0.2) is 0 Å². The number of rotatable bonds is 2. The lowest BCUT2D eigenvalue weighted by Crippen LogP contribution is -2.41. The first-order valence-electron chi connectivity index (χ1n) is 12.4. The Bertz CT molecular complexity index is 1400. The molecule has 2 aliphatic heterocycles. The molecule has 0 atom stereocenters. The fourth-order valence-electron chi connectivity index (χ4n) is 5.29. The molecule has 4 aromatic carbocycles. The van der Waals surface area contributed by atoms with Crippen LogP contribution in [0.2, 0.25) is 0 Å². The molecule has 0 saturated carbocycles. The Morgan fingerprint density at radius 2 is 0.778 bits per heavy atom. The Labute approximate surface area is 230 Å². The molecule has 2 heterocycles. The van der Waals surface area contributed by atoms with Crippen LogP contribution in [0.25, 0.3) is 32.3 Å². The van der Waals surface area contributed by atoms with E-state index >= 15 is 0 Å². The highest BCUT2D eigenvalue weighted by atomic mass is 79.9. The Morgan fingerprint density at radius 3 is 1.08 bits per heavy atom. The second-order valence-electron chi connectivity index (χ2n) is 12.1. The molecule has 0 radical (unpaired) electrons. The summed E-state index contributed by atoms with van der Waals surface area (Å²) in [7, 11) is -0.913. The van der Waals surface area contributed by atoms with E-state index in [-0.39, 0.29) is 0 Å². The molecule has 0 N–H and O–H groups in total. The predicted molar refractivity (Wildman–Crippen MR) is 157 cm³/mol. The highest BCUT2D eigenvalue weighted by molar-refractivity contribution is 9.11. The van der Waals surface area contributed by atoms with Crippen LogP contribution in [-0.4, -0.2) is 36.6 Å². The fraction of sp³-hybridized carbons (Fsp3) is 0.429. The summed E-state index contributed by atoms with van der Waals surface area (Å²) in [4.78, 5) is 0. The first-order chi connectivity index (χ1) is 16.6. The first-order valence-corrected chi connectivity index (χ1v) is 14.0. The van der Waals surface area contributed by atoms with Crippen molar-refractivity contribution in [3.8, 4) is 0 Å². The topological polar surface area (TPSA) is 36.9 Å². The summed E-state index contributed by atoms with van der Waals surface area (Å²) in [5.74, 6) is 0. The van der Waals surface area contributed by atoms with Gasteiger partial charge in [0.25, 0.3) is 0 Å². The van der Waals surface area contributed by atoms with Crippen molar-refractivity contribution >= 4 is 89.3 Å². The number of halogens is 2. The normalized spacial score (nSPS) is 22.5. The molecule has 0 amide bonds. The molecular weight excluding hydrogens is 582 g/mol. The van der Waals surface area contributed by atoms with Gasteiger partial charge in [0.05, 0.1) is 22.4 Å². The van der Waals surface area contributed by atoms with Gasteiger partial charge in [0, 0.05) is 8.95 Å². The zero-order valence-electron chi connectivity index (χ0n) is 22.0. The summed E-state index contributed by atoms with van der Waals surface area (Å²) in [6, 6.07) is 13.0. The summed E-state index contributed by atoms with van der Waals surface area (Å²) >= 11 is 7.71. The molecule has 2 aliphatic rings. The minimum atomic E-state index is -0.457. The van der Waals surface area contributed by atoms with E-state index in [1.807, 2.05) is 0 Å². The summed E-state index contributed by atoms with van der Waals surface area (Å²) < 4.78 is 27.9.